The van der Waals surface area contributed by atoms with Crippen molar-refractivity contribution >= 4 is 27.3 Å². The Kier molecular flexibility index (Phi) is 6.51. The van der Waals surface area contributed by atoms with Gasteiger partial charge in [0.1, 0.15) is 0 Å². The summed E-state index contributed by atoms with van der Waals surface area (Å²) in [5, 5.41) is 5.75. The van der Waals surface area contributed by atoms with E-state index in [9.17, 15) is 0 Å². The highest BCUT2D eigenvalue weighted by Crippen LogP contribution is 2.22. The van der Waals surface area contributed by atoms with Crippen LogP contribution in [0.3, 0.4) is 0 Å². The molecule has 0 aromatic carbocycles. The summed E-state index contributed by atoms with van der Waals surface area (Å²) in [4.78, 5) is 3.85. The number of thiophene rings is 1. The molecule has 19 heavy (non-hydrogen) atoms. The summed E-state index contributed by atoms with van der Waals surface area (Å²) in [6.07, 6.45) is 0. The highest BCUT2D eigenvalue weighted by atomic mass is 79.9. The van der Waals surface area contributed by atoms with Crippen LogP contribution in [0, 0.1) is 5.92 Å². The summed E-state index contributed by atoms with van der Waals surface area (Å²) in [6, 6.07) is 2.78. The molecule has 0 saturated heterocycles. The quantitative estimate of drug-likeness (QED) is 0.823. The lowest BCUT2D eigenvalue weighted by Gasteiger charge is -2.32. The largest absolute Gasteiger partial charge is 0.312 e. The topological polar surface area (TPSA) is 15.3 Å². The Bertz CT molecular complexity index is 384. The zero-order valence-electron chi connectivity index (χ0n) is 13.0. The lowest BCUT2D eigenvalue weighted by molar-refractivity contribution is 0.183. The first-order chi connectivity index (χ1) is 8.69. The molecule has 1 aromatic heterocycles. The van der Waals surface area contributed by atoms with Crippen molar-refractivity contribution in [3.8, 4) is 0 Å². The Morgan fingerprint density at radius 1 is 1.37 bits per heavy atom. The molecule has 1 N–H and O–H groups in total. The number of halogens is 1. The fourth-order valence-corrected chi connectivity index (χ4v) is 3.41. The fourth-order valence-electron chi connectivity index (χ4n) is 1.90. The molecule has 0 aliphatic rings. The van der Waals surface area contributed by atoms with E-state index in [0.717, 1.165) is 13.1 Å². The molecule has 0 aliphatic carbocycles. The fraction of sp³-hybridized carbons (Fsp3) is 0.733. The number of nitrogens with zero attached hydrogens (tertiary/aromatic N) is 1. The lowest BCUT2D eigenvalue weighted by atomic mass is 10.00. The summed E-state index contributed by atoms with van der Waals surface area (Å²) < 4.78 is 1.19. The van der Waals surface area contributed by atoms with Crippen LogP contribution < -0.4 is 5.32 Å². The normalized spacial score (nSPS) is 15.8. The Labute approximate surface area is 130 Å². The van der Waals surface area contributed by atoms with Gasteiger partial charge in [0, 0.05) is 32.9 Å². The molecule has 2 nitrogen and oxygen atoms in total. The molecule has 1 rings (SSSR count). The van der Waals surface area contributed by atoms with Crippen LogP contribution in [0.5, 0.6) is 0 Å². The maximum atomic E-state index is 3.59. The highest BCUT2D eigenvalue weighted by molar-refractivity contribution is 9.10. The molecule has 4 heteroatoms. The average molecular weight is 347 g/mol. The molecule has 0 bridgehead atoms. The molecule has 0 amide bonds. The average Bonchev–Trinajstić information content (AvgIpc) is 2.69. The standard InChI is InChI=1S/C15H27BrN2S/c1-11(8-17-15(3,4)5)12(2)18(6)9-14-7-13(16)10-19-14/h7,10-12,17H,8-9H2,1-6H3. The first kappa shape index (κ1) is 17.2. The predicted molar refractivity (Wildman–Crippen MR) is 89.9 cm³/mol. The predicted octanol–water partition coefficient (Wildman–Crippen LogP) is 4.36. The molecule has 1 heterocycles. The van der Waals surface area contributed by atoms with Crippen LogP contribution >= 0.6 is 27.3 Å². The third-order valence-electron chi connectivity index (χ3n) is 3.50. The number of nitrogens with one attached hydrogen (secondary N) is 1. The Morgan fingerprint density at radius 2 is 2.00 bits per heavy atom. The molecule has 0 fully saturated rings. The first-order valence-corrected chi connectivity index (χ1v) is 8.54. The van der Waals surface area contributed by atoms with Crippen molar-refractivity contribution in [1.82, 2.24) is 10.2 Å². The molecule has 2 unspecified atom stereocenters. The molecule has 2 atom stereocenters. The van der Waals surface area contributed by atoms with E-state index in [-0.39, 0.29) is 5.54 Å². The van der Waals surface area contributed by atoms with E-state index in [0.29, 0.717) is 12.0 Å². The van der Waals surface area contributed by atoms with Gasteiger partial charge in [-0.15, -0.1) is 11.3 Å². The lowest BCUT2D eigenvalue weighted by Crippen LogP contribution is -2.44. The summed E-state index contributed by atoms with van der Waals surface area (Å²) in [5.74, 6) is 0.632. The van der Waals surface area contributed by atoms with Crippen LogP contribution in [0.1, 0.15) is 39.5 Å². The van der Waals surface area contributed by atoms with Crippen LogP contribution in [-0.2, 0) is 6.54 Å². The number of rotatable bonds is 6. The summed E-state index contributed by atoms with van der Waals surface area (Å²) in [5.41, 5.74) is 0.200. The molecular formula is C15H27BrN2S. The third-order valence-corrected chi connectivity index (χ3v) is 5.18. The van der Waals surface area contributed by atoms with Gasteiger partial charge in [0.05, 0.1) is 0 Å². The molecule has 1 aromatic rings. The van der Waals surface area contributed by atoms with Crippen molar-refractivity contribution in [3.05, 3.63) is 20.8 Å². The molecule has 0 radical (unpaired) electrons. The number of hydrogen-bond donors (Lipinski definition) is 1. The van der Waals surface area contributed by atoms with Gasteiger partial charge >= 0.3 is 0 Å². The van der Waals surface area contributed by atoms with Gasteiger partial charge in [0.15, 0.2) is 0 Å². The van der Waals surface area contributed by atoms with Gasteiger partial charge in [-0.25, -0.2) is 0 Å². The smallest absolute Gasteiger partial charge is 0.0328 e. The van der Waals surface area contributed by atoms with E-state index in [1.54, 1.807) is 0 Å². The second-order valence-corrected chi connectivity index (χ2v) is 8.41. The van der Waals surface area contributed by atoms with E-state index in [1.165, 1.54) is 9.35 Å². The van der Waals surface area contributed by atoms with E-state index >= 15 is 0 Å². The zero-order chi connectivity index (χ0) is 14.6. The maximum Gasteiger partial charge on any atom is 0.0328 e. The van der Waals surface area contributed by atoms with Crippen molar-refractivity contribution in [1.29, 1.82) is 0 Å². The van der Waals surface area contributed by atoms with Gasteiger partial charge < -0.3 is 5.32 Å². The minimum atomic E-state index is 0.200. The van der Waals surface area contributed by atoms with Crippen LogP contribution in [0.25, 0.3) is 0 Å². The first-order valence-electron chi connectivity index (χ1n) is 6.87. The van der Waals surface area contributed by atoms with Crippen LogP contribution in [0.4, 0.5) is 0 Å². The summed E-state index contributed by atoms with van der Waals surface area (Å²) in [6.45, 7) is 13.4. The minimum Gasteiger partial charge on any atom is -0.312 e. The summed E-state index contributed by atoms with van der Waals surface area (Å²) >= 11 is 5.34. The maximum absolute atomic E-state index is 3.59. The molecule has 0 saturated carbocycles. The molecular weight excluding hydrogens is 320 g/mol. The number of hydrogen-bond acceptors (Lipinski definition) is 3. The van der Waals surface area contributed by atoms with Gasteiger partial charge in [0.25, 0.3) is 0 Å². The molecule has 110 valence electrons. The van der Waals surface area contributed by atoms with E-state index in [4.69, 9.17) is 0 Å². The molecule has 0 aliphatic heterocycles. The minimum absolute atomic E-state index is 0.200. The van der Waals surface area contributed by atoms with Crippen LogP contribution in [0.2, 0.25) is 0 Å². The Balaban J connectivity index is 2.44. The summed E-state index contributed by atoms with van der Waals surface area (Å²) in [7, 11) is 2.21. The second kappa shape index (κ2) is 7.21. The Hall–Kier alpha value is 0.1000. The van der Waals surface area contributed by atoms with Crippen molar-refractivity contribution in [2.45, 2.75) is 52.7 Å². The van der Waals surface area contributed by atoms with Gasteiger partial charge in [-0.3, -0.25) is 4.90 Å². The Morgan fingerprint density at radius 3 is 2.47 bits per heavy atom. The van der Waals surface area contributed by atoms with Crippen molar-refractivity contribution in [2.24, 2.45) is 5.92 Å². The van der Waals surface area contributed by atoms with Gasteiger partial charge in [-0.1, -0.05) is 6.92 Å². The van der Waals surface area contributed by atoms with Crippen molar-refractivity contribution in [3.63, 3.8) is 0 Å². The SMILES string of the molecule is CC(CNC(C)(C)C)C(C)N(C)Cc1cc(Br)cs1. The van der Waals surface area contributed by atoms with Gasteiger partial charge in [-0.2, -0.15) is 0 Å². The van der Waals surface area contributed by atoms with E-state index < -0.39 is 0 Å². The monoisotopic (exact) mass is 346 g/mol. The van der Waals surface area contributed by atoms with E-state index in [1.807, 2.05) is 11.3 Å². The highest BCUT2D eigenvalue weighted by Gasteiger charge is 2.19. The van der Waals surface area contributed by atoms with Crippen molar-refractivity contribution < 1.29 is 0 Å². The second-order valence-electron chi connectivity index (χ2n) is 6.50. The van der Waals surface area contributed by atoms with Crippen LogP contribution in [0.15, 0.2) is 15.9 Å². The van der Waals surface area contributed by atoms with E-state index in [2.05, 4.69) is 79.3 Å². The van der Waals surface area contributed by atoms with Gasteiger partial charge in [-0.05, 0) is 69.2 Å². The molecule has 0 spiro atoms. The van der Waals surface area contributed by atoms with Gasteiger partial charge in [0.2, 0.25) is 0 Å². The van der Waals surface area contributed by atoms with Crippen LogP contribution in [-0.4, -0.2) is 30.1 Å². The third kappa shape index (κ3) is 6.39. The van der Waals surface area contributed by atoms with Crippen molar-refractivity contribution in [2.75, 3.05) is 13.6 Å². The zero-order valence-corrected chi connectivity index (χ0v) is 15.4.